The fourth-order valence-electron chi connectivity index (χ4n) is 0.856. The Morgan fingerprint density at radius 2 is 0.933 bits per heavy atom. The van der Waals surface area contributed by atoms with E-state index in [-0.39, 0.29) is 0 Å². The number of rotatable bonds is 4. The van der Waals surface area contributed by atoms with Crippen molar-refractivity contribution >= 4 is 0 Å². The Bertz CT molecular complexity index is 49.3. The maximum absolute atomic E-state index is 2.43. The van der Waals surface area contributed by atoms with Crippen LogP contribution in [-0.4, -0.2) is 24.5 Å². The number of nitrogens with zero attached hydrogens (tertiary/aromatic N) is 1. The van der Waals surface area contributed by atoms with E-state index in [1.807, 2.05) is 27.7 Å². The Morgan fingerprint density at radius 1 is 0.667 bits per heavy atom. The van der Waals surface area contributed by atoms with Crippen LogP contribution in [0.1, 0.15) is 75.2 Å². The second-order valence-corrected chi connectivity index (χ2v) is 2.73. The fourth-order valence-corrected chi connectivity index (χ4v) is 0.856. The molecule has 0 saturated heterocycles. The first-order chi connectivity index (χ1) is 7.26. The Balaban J connectivity index is -0.0000000726. The van der Waals surface area contributed by atoms with Gasteiger partial charge < -0.3 is 4.90 Å². The summed E-state index contributed by atoms with van der Waals surface area (Å²) in [5.41, 5.74) is 0. The smallest absolute Gasteiger partial charge is 0.00216 e. The summed E-state index contributed by atoms with van der Waals surface area (Å²) in [6.45, 7) is 22.5. The van der Waals surface area contributed by atoms with Crippen molar-refractivity contribution in [2.75, 3.05) is 19.6 Å². The van der Waals surface area contributed by atoms with E-state index in [1.165, 1.54) is 32.5 Å². The lowest BCUT2D eigenvalue weighted by Crippen LogP contribution is -2.23. The van der Waals surface area contributed by atoms with Crippen molar-refractivity contribution in [2.45, 2.75) is 75.2 Å². The maximum atomic E-state index is 2.43. The lowest BCUT2D eigenvalue weighted by Gasteiger charge is -2.15. The molecule has 0 aromatic heterocycles. The van der Waals surface area contributed by atoms with Gasteiger partial charge in [0, 0.05) is 0 Å². The molecule has 0 radical (unpaired) electrons. The standard InChI is InChI=1S/C7H17N.C3H8.2C2H6/c1-4-7-8(5-2)6-3;1-3-2;2*1-2/h4-7H2,1-3H3;3H2,1-2H3;2*1-2H3. The predicted octanol–water partition coefficient (Wildman–Crippen LogP) is 5.21. The minimum atomic E-state index is 1.20. The highest BCUT2D eigenvalue weighted by atomic mass is 15.1. The predicted molar refractivity (Wildman–Crippen MR) is 76.7 cm³/mol. The van der Waals surface area contributed by atoms with Crippen LogP contribution in [0.25, 0.3) is 0 Å². The van der Waals surface area contributed by atoms with Crippen molar-refractivity contribution in [3.63, 3.8) is 0 Å². The molecule has 15 heavy (non-hydrogen) atoms. The molecule has 0 bridgehead atoms. The van der Waals surface area contributed by atoms with Crippen LogP contribution < -0.4 is 0 Å². The third-order valence-corrected chi connectivity index (χ3v) is 1.43. The second kappa shape index (κ2) is 37.0. The summed E-state index contributed by atoms with van der Waals surface area (Å²) in [5, 5.41) is 0. The molecule has 0 aliphatic rings. The van der Waals surface area contributed by atoms with Crippen LogP contribution in [0.3, 0.4) is 0 Å². The minimum absolute atomic E-state index is 1.20. The van der Waals surface area contributed by atoms with Gasteiger partial charge in [-0.25, -0.2) is 0 Å². The van der Waals surface area contributed by atoms with Crippen molar-refractivity contribution < 1.29 is 0 Å². The summed E-state index contributed by atoms with van der Waals surface area (Å²) in [7, 11) is 0. The first-order valence-electron chi connectivity index (χ1n) is 6.98. The van der Waals surface area contributed by atoms with E-state index in [0.717, 1.165) is 0 Å². The topological polar surface area (TPSA) is 3.24 Å². The van der Waals surface area contributed by atoms with E-state index in [9.17, 15) is 0 Å². The Kier molecular flexibility index (Phi) is 59.9. The molecule has 0 spiro atoms. The maximum Gasteiger partial charge on any atom is -0.00216 e. The van der Waals surface area contributed by atoms with Gasteiger partial charge in [-0.15, -0.1) is 0 Å². The first kappa shape index (κ1) is 24.3. The molecule has 0 aliphatic heterocycles. The van der Waals surface area contributed by atoms with Crippen LogP contribution >= 0.6 is 0 Å². The lowest BCUT2D eigenvalue weighted by molar-refractivity contribution is 0.304. The van der Waals surface area contributed by atoms with E-state index in [2.05, 4.69) is 39.5 Å². The average Bonchev–Trinajstić information content (AvgIpc) is 2.32. The fraction of sp³-hybridized carbons (Fsp3) is 1.00. The van der Waals surface area contributed by atoms with E-state index >= 15 is 0 Å². The summed E-state index contributed by atoms with van der Waals surface area (Å²) in [4.78, 5) is 2.43. The monoisotopic (exact) mass is 219 g/mol. The average molecular weight is 219 g/mol. The molecule has 0 fully saturated rings. The van der Waals surface area contributed by atoms with Crippen LogP contribution in [0.5, 0.6) is 0 Å². The summed E-state index contributed by atoms with van der Waals surface area (Å²) < 4.78 is 0. The van der Waals surface area contributed by atoms with Gasteiger partial charge in [0.2, 0.25) is 0 Å². The second-order valence-electron chi connectivity index (χ2n) is 2.73. The van der Waals surface area contributed by atoms with Gasteiger partial charge in [0.1, 0.15) is 0 Å². The summed E-state index contributed by atoms with van der Waals surface area (Å²) in [5.74, 6) is 0. The molecule has 0 saturated carbocycles. The summed E-state index contributed by atoms with van der Waals surface area (Å²) in [6, 6.07) is 0. The van der Waals surface area contributed by atoms with Crippen LogP contribution in [0.4, 0.5) is 0 Å². The quantitative estimate of drug-likeness (QED) is 0.627. The molecule has 0 atom stereocenters. The molecule has 0 N–H and O–H groups in total. The van der Waals surface area contributed by atoms with Crippen molar-refractivity contribution in [3.05, 3.63) is 0 Å². The Morgan fingerprint density at radius 3 is 1.00 bits per heavy atom. The molecule has 1 nitrogen and oxygen atoms in total. The third-order valence-electron chi connectivity index (χ3n) is 1.43. The molecule has 0 aliphatic carbocycles. The van der Waals surface area contributed by atoms with Gasteiger partial charge in [-0.2, -0.15) is 0 Å². The van der Waals surface area contributed by atoms with Gasteiger partial charge in [0.25, 0.3) is 0 Å². The van der Waals surface area contributed by atoms with Crippen LogP contribution in [0, 0.1) is 0 Å². The molecular weight excluding hydrogens is 182 g/mol. The van der Waals surface area contributed by atoms with Crippen molar-refractivity contribution in [3.8, 4) is 0 Å². The van der Waals surface area contributed by atoms with Crippen molar-refractivity contribution in [1.82, 2.24) is 4.90 Å². The van der Waals surface area contributed by atoms with Crippen molar-refractivity contribution in [2.24, 2.45) is 0 Å². The Labute approximate surface area is 100 Å². The highest BCUT2D eigenvalue weighted by Gasteiger charge is 1.92. The van der Waals surface area contributed by atoms with Crippen LogP contribution in [-0.2, 0) is 0 Å². The van der Waals surface area contributed by atoms with Gasteiger partial charge in [-0.3, -0.25) is 0 Å². The molecule has 0 unspecified atom stereocenters. The molecule has 0 aromatic carbocycles. The molecule has 0 amide bonds. The number of hydrogen-bond acceptors (Lipinski definition) is 1. The zero-order valence-electron chi connectivity index (χ0n) is 13.0. The van der Waals surface area contributed by atoms with Gasteiger partial charge >= 0.3 is 0 Å². The lowest BCUT2D eigenvalue weighted by atomic mass is 10.4. The SMILES string of the molecule is CC.CC.CCC.CCCN(CC)CC. The summed E-state index contributed by atoms with van der Waals surface area (Å²) >= 11 is 0. The van der Waals surface area contributed by atoms with Gasteiger partial charge in [0.05, 0.1) is 0 Å². The van der Waals surface area contributed by atoms with Crippen LogP contribution in [0.2, 0.25) is 0 Å². The van der Waals surface area contributed by atoms with E-state index < -0.39 is 0 Å². The first-order valence-corrected chi connectivity index (χ1v) is 6.98. The zero-order chi connectivity index (χ0) is 13.1. The van der Waals surface area contributed by atoms with Gasteiger partial charge in [-0.1, -0.05) is 68.7 Å². The highest BCUT2D eigenvalue weighted by molar-refractivity contribution is 4.47. The Hall–Kier alpha value is -0.0400. The van der Waals surface area contributed by atoms with Gasteiger partial charge in [-0.05, 0) is 26.1 Å². The third kappa shape index (κ3) is 41.2. The normalized spacial score (nSPS) is 7.60. The molecule has 0 aromatic rings. The van der Waals surface area contributed by atoms with E-state index in [4.69, 9.17) is 0 Å². The largest absolute Gasteiger partial charge is 0.304 e. The molecule has 98 valence electrons. The molecule has 0 rings (SSSR count). The molecule has 0 heterocycles. The van der Waals surface area contributed by atoms with E-state index in [0.29, 0.717) is 0 Å². The van der Waals surface area contributed by atoms with Crippen LogP contribution in [0.15, 0.2) is 0 Å². The van der Waals surface area contributed by atoms with E-state index in [1.54, 1.807) is 0 Å². The summed E-state index contributed by atoms with van der Waals surface area (Å²) in [6.07, 6.45) is 2.53. The molecular formula is C14H37N. The van der Waals surface area contributed by atoms with Crippen molar-refractivity contribution in [1.29, 1.82) is 0 Å². The minimum Gasteiger partial charge on any atom is -0.304 e. The zero-order valence-corrected chi connectivity index (χ0v) is 13.0. The molecule has 1 heteroatoms. The van der Waals surface area contributed by atoms with Gasteiger partial charge in [0.15, 0.2) is 0 Å². The number of hydrogen-bond donors (Lipinski definition) is 0. The highest BCUT2D eigenvalue weighted by Crippen LogP contribution is 1.87.